The molecule has 0 saturated heterocycles. The lowest BCUT2D eigenvalue weighted by atomic mass is 9.95. The van der Waals surface area contributed by atoms with Gasteiger partial charge in [-0.15, -0.1) is 0 Å². The number of hydrazone groups is 1. The van der Waals surface area contributed by atoms with E-state index in [1.165, 1.54) is 13.3 Å². The number of carbonyl (C=O) groups is 2. The molecule has 0 bridgehead atoms. The molecular weight excluding hydrogens is 766 g/mol. The van der Waals surface area contributed by atoms with Crippen LogP contribution in [0, 0.1) is 3.57 Å². The molecule has 0 aromatic heterocycles. The van der Waals surface area contributed by atoms with E-state index >= 15 is 0 Å². The molecule has 0 unspecified atom stereocenters. The quantitative estimate of drug-likeness (QED) is 0.0530. The largest absolute Gasteiger partial charge is 0.493 e. The number of carbonyl (C=O) groups excluding carboxylic acids is 2. The van der Waals surface area contributed by atoms with Crippen molar-refractivity contribution in [2.75, 3.05) is 27.4 Å². The van der Waals surface area contributed by atoms with Crippen LogP contribution in [-0.2, 0) is 16.1 Å². The second-order valence-electron chi connectivity index (χ2n) is 9.99. The van der Waals surface area contributed by atoms with Crippen LogP contribution < -0.4 is 35.0 Å². The number of aliphatic hydroxyl groups excluding tert-OH is 1. The molecular formula is C32H33Cl2IN4O8. The van der Waals surface area contributed by atoms with Gasteiger partial charge in [-0.05, 0) is 89.5 Å². The lowest BCUT2D eigenvalue weighted by Gasteiger charge is -2.28. The average Bonchev–Trinajstić information content (AvgIpc) is 3.04. The number of urea groups is 1. The first-order chi connectivity index (χ1) is 22.5. The first-order valence-electron chi connectivity index (χ1n) is 14.2. The molecule has 1 aliphatic heterocycles. The van der Waals surface area contributed by atoms with Crippen LogP contribution in [0.1, 0.15) is 36.6 Å². The van der Waals surface area contributed by atoms with Crippen LogP contribution in [-0.4, -0.2) is 57.0 Å². The molecule has 12 nitrogen and oxygen atoms in total. The zero-order valence-corrected chi connectivity index (χ0v) is 29.5. The van der Waals surface area contributed by atoms with Crippen LogP contribution in [0.25, 0.3) is 0 Å². The van der Waals surface area contributed by atoms with Gasteiger partial charge in [-0.2, -0.15) is 5.10 Å². The Morgan fingerprint density at radius 1 is 1.06 bits per heavy atom. The molecule has 0 fully saturated rings. The second-order valence-corrected chi connectivity index (χ2v) is 12.0. The molecule has 0 spiro atoms. The molecule has 3 aromatic rings. The van der Waals surface area contributed by atoms with Crippen LogP contribution >= 0.6 is 45.8 Å². The van der Waals surface area contributed by atoms with Crippen molar-refractivity contribution < 1.29 is 38.4 Å². The van der Waals surface area contributed by atoms with E-state index in [1.807, 2.05) is 19.1 Å². The third-order valence-corrected chi connectivity index (χ3v) is 8.27. The Morgan fingerprint density at radius 3 is 2.55 bits per heavy atom. The summed E-state index contributed by atoms with van der Waals surface area (Å²) in [6.45, 7) is 3.84. The standard InChI is InChI=1S/C32H33Cl2IN4O8/c1-5-45-25-13-20(29-28(31(41)44-4)17(2)37-32(42)38-29)7-9-24(25)46-16-27(40)39-36-14-19-11-23(35)30(26(12-19)43-3)47-15-18-6-8-21(33)22(34)10-18/h6-14,27,29,39-40H,5,15-16H2,1-4H3,(H2,37,38,42)/b36-14-/t27-,29-/m0/s1. The molecule has 1 heterocycles. The predicted octanol–water partition coefficient (Wildman–Crippen LogP) is 5.71. The van der Waals surface area contributed by atoms with E-state index < -0.39 is 24.3 Å². The summed E-state index contributed by atoms with van der Waals surface area (Å²) in [4.78, 5) is 24.6. The van der Waals surface area contributed by atoms with E-state index in [0.717, 1.165) is 9.13 Å². The minimum absolute atomic E-state index is 0.171. The van der Waals surface area contributed by atoms with Crippen LogP contribution in [0.3, 0.4) is 0 Å². The molecule has 47 heavy (non-hydrogen) atoms. The van der Waals surface area contributed by atoms with Gasteiger partial charge >= 0.3 is 12.0 Å². The summed E-state index contributed by atoms with van der Waals surface area (Å²) in [5.41, 5.74) is 5.40. The highest BCUT2D eigenvalue weighted by Gasteiger charge is 2.32. The van der Waals surface area contributed by atoms with E-state index in [1.54, 1.807) is 50.4 Å². The van der Waals surface area contributed by atoms with Crippen molar-refractivity contribution >= 4 is 64.0 Å². The number of rotatable bonds is 14. The number of nitrogens with zero attached hydrogens (tertiary/aromatic N) is 1. The fourth-order valence-corrected chi connectivity index (χ4v) is 5.66. The predicted molar refractivity (Wildman–Crippen MR) is 185 cm³/mol. The lowest BCUT2D eigenvalue weighted by Crippen LogP contribution is -2.45. The van der Waals surface area contributed by atoms with Gasteiger partial charge in [0.25, 0.3) is 0 Å². The maximum atomic E-state index is 12.5. The molecule has 0 aliphatic carbocycles. The van der Waals surface area contributed by atoms with E-state index in [0.29, 0.717) is 56.5 Å². The van der Waals surface area contributed by atoms with Gasteiger partial charge in [0, 0.05) is 5.70 Å². The molecule has 3 aromatic carbocycles. The Kier molecular flexibility index (Phi) is 12.8. The number of methoxy groups -OCH3 is 2. The van der Waals surface area contributed by atoms with Crippen molar-refractivity contribution in [3.8, 4) is 23.0 Å². The third-order valence-electron chi connectivity index (χ3n) is 6.73. The minimum atomic E-state index is -1.17. The van der Waals surface area contributed by atoms with Gasteiger partial charge in [-0.1, -0.05) is 35.3 Å². The highest BCUT2D eigenvalue weighted by molar-refractivity contribution is 14.1. The van der Waals surface area contributed by atoms with Crippen LogP contribution in [0.2, 0.25) is 10.0 Å². The van der Waals surface area contributed by atoms with Gasteiger partial charge in [-0.3, -0.25) is 5.43 Å². The van der Waals surface area contributed by atoms with Crippen LogP contribution in [0.15, 0.2) is 64.9 Å². The fraction of sp³-hybridized carbons (Fsp3) is 0.281. The number of benzene rings is 3. The van der Waals surface area contributed by atoms with Crippen molar-refractivity contribution in [1.29, 1.82) is 0 Å². The first-order valence-corrected chi connectivity index (χ1v) is 16.0. The molecule has 2 amide bonds. The van der Waals surface area contributed by atoms with E-state index in [2.05, 4.69) is 43.8 Å². The molecule has 0 saturated carbocycles. The molecule has 250 valence electrons. The Morgan fingerprint density at radius 2 is 1.85 bits per heavy atom. The summed E-state index contributed by atoms with van der Waals surface area (Å²) in [6.07, 6.45) is 0.356. The zero-order chi connectivity index (χ0) is 34.1. The zero-order valence-electron chi connectivity index (χ0n) is 25.9. The number of nitrogens with one attached hydrogen (secondary N) is 3. The minimum Gasteiger partial charge on any atom is -0.493 e. The van der Waals surface area contributed by atoms with E-state index in [-0.39, 0.29) is 18.8 Å². The summed E-state index contributed by atoms with van der Waals surface area (Å²) in [5.74, 6) is 1.19. The first kappa shape index (κ1) is 35.9. The summed E-state index contributed by atoms with van der Waals surface area (Å²) in [5, 5.41) is 20.9. The lowest BCUT2D eigenvalue weighted by molar-refractivity contribution is -0.136. The monoisotopic (exact) mass is 798 g/mol. The number of hydrogen-bond donors (Lipinski definition) is 4. The smallest absolute Gasteiger partial charge is 0.337 e. The van der Waals surface area contributed by atoms with Crippen molar-refractivity contribution in [2.24, 2.45) is 5.10 Å². The Labute approximate surface area is 295 Å². The number of halogens is 3. The topological polar surface area (TPSA) is 149 Å². The summed E-state index contributed by atoms with van der Waals surface area (Å²) < 4.78 is 28.8. The van der Waals surface area contributed by atoms with Gasteiger partial charge in [0.2, 0.25) is 0 Å². The van der Waals surface area contributed by atoms with Crippen molar-refractivity contribution in [2.45, 2.75) is 32.7 Å². The van der Waals surface area contributed by atoms with Gasteiger partial charge in [0.15, 0.2) is 29.2 Å². The Hall–Kier alpha value is -3.92. The van der Waals surface area contributed by atoms with Gasteiger partial charge in [0.05, 0.1) is 52.3 Å². The molecule has 1 aliphatic rings. The van der Waals surface area contributed by atoms with Crippen molar-refractivity contribution in [3.05, 3.63) is 90.1 Å². The molecule has 2 atom stereocenters. The number of hydrogen-bond acceptors (Lipinski definition) is 10. The highest BCUT2D eigenvalue weighted by Crippen LogP contribution is 2.36. The Bertz CT molecular complexity index is 1690. The number of ether oxygens (including phenoxy) is 5. The Balaban J connectivity index is 1.39. The molecule has 4 rings (SSSR count). The van der Waals surface area contributed by atoms with Gasteiger partial charge in [-0.25, -0.2) is 9.59 Å². The SMILES string of the molecule is CCOc1cc([C@@H]2NC(=O)NC(C)=C2C(=O)OC)ccc1OC[C@H](O)N/N=C\c1cc(I)c(OCc2ccc(Cl)c(Cl)c2)c(OC)c1. The van der Waals surface area contributed by atoms with Crippen molar-refractivity contribution in [3.63, 3.8) is 0 Å². The summed E-state index contributed by atoms with van der Waals surface area (Å²) in [7, 11) is 2.81. The number of esters is 1. The number of aliphatic hydroxyl groups is 1. The fourth-order valence-electron chi connectivity index (χ4n) is 4.56. The maximum absolute atomic E-state index is 12.5. The summed E-state index contributed by atoms with van der Waals surface area (Å²) >= 11 is 14.3. The van der Waals surface area contributed by atoms with Gasteiger partial charge in [0.1, 0.15) is 13.2 Å². The van der Waals surface area contributed by atoms with E-state index in [4.69, 9.17) is 46.9 Å². The van der Waals surface area contributed by atoms with Gasteiger partial charge < -0.3 is 39.4 Å². The molecule has 0 radical (unpaired) electrons. The summed E-state index contributed by atoms with van der Waals surface area (Å²) in [6, 6.07) is 12.7. The normalized spacial score (nSPS) is 15.1. The highest BCUT2D eigenvalue weighted by atomic mass is 127. The van der Waals surface area contributed by atoms with Crippen LogP contribution in [0.5, 0.6) is 23.0 Å². The number of amides is 2. The maximum Gasteiger partial charge on any atom is 0.337 e. The molecule has 15 heteroatoms. The average molecular weight is 799 g/mol. The van der Waals surface area contributed by atoms with E-state index in [9.17, 15) is 14.7 Å². The number of allylic oxidation sites excluding steroid dienone is 1. The second kappa shape index (κ2) is 16.8. The molecule has 4 N–H and O–H groups in total. The van der Waals surface area contributed by atoms with Crippen molar-refractivity contribution in [1.82, 2.24) is 16.1 Å². The van der Waals surface area contributed by atoms with Crippen LogP contribution in [0.4, 0.5) is 4.79 Å². The third kappa shape index (κ3) is 9.34.